The monoisotopic (exact) mass is 965 g/mol. The van der Waals surface area contributed by atoms with Crippen molar-refractivity contribution in [3.63, 3.8) is 0 Å². The van der Waals surface area contributed by atoms with Crippen molar-refractivity contribution >= 4 is 45.4 Å². The first-order chi connectivity index (χ1) is 32.6. The van der Waals surface area contributed by atoms with E-state index in [0.717, 1.165) is 24.8 Å². The second kappa shape index (κ2) is 24.9. The number of hydrogen-bond donors (Lipinski definition) is 6. The zero-order valence-electron chi connectivity index (χ0n) is 40.4. The molecule has 21 heteroatoms. The van der Waals surface area contributed by atoms with Gasteiger partial charge in [-0.1, -0.05) is 65.1 Å². The third-order valence-corrected chi connectivity index (χ3v) is 14.0. The minimum Gasteiger partial charge on any atom is -0.444 e. The molecule has 0 unspecified atom stereocenters. The quantitative estimate of drug-likeness (QED) is 0.113. The van der Waals surface area contributed by atoms with E-state index in [4.69, 9.17) is 28.8 Å². The number of carbonyl (C=O) groups is 4. The van der Waals surface area contributed by atoms with Crippen molar-refractivity contribution in [1.29, 1.82) is 0 Å². The maximum absolute atomic E-state index is 13.5. The van der Waals surface area contributed by atoms with Gasteiger partial charge in [-0.25, -0.2) is 18.4 Å². The molecule has 6 fully saturated rings. The van der Waals surface area contributed by atoms with Gasteiger partial charge in [0.05, 0.1) is 36.7 Å². The van der Waals surface area contributed by atoms with Gasteiger partial charge in [-0.05, 0) is 135 Å². The standard InChI is InChI=1S/C27H36BFN2O5.C17H22BFN2O5.C4H11BO2/c1-5-24(32)31-12-6-7-20(16-31)34-25(33)30-23(13-17-8-10-19(29)11-9-17)28-35-22-15-18-14-21(26(18,2)3)27(22,4)36-28;1-2-16(22)21-9-3-4-14(11-21)26-17(23)20-15(18(24)25)10-12-5-7-13(19)8-6-12;1-4(2)3-5(6)7/h5,8-11,18,20-23H,1,6-7,12-16H2,2-4H3,(H,30,33);2,5-8,14-15,24-25H,1,3-4,9-11H2,(H,20,23);4,6-7H,3H2,1-2H3/t18-,20-,21-,22+,23-,27-;14-,15-;/m00./s1. The second-order valence-corrected chi connectivity index (χ2v) is 19.8. The maximum atomic E-state index is 13.5. The van der Waals surface area contributed by atoms with E-state index >= 15 is 0 Å². The van der Waals surface area contributed by atoms with E-state index in [2.05, 4.69) is 44.6 Å². The number of amides is 4. The van der Waals surface area contributed by atoms with Gasteiger partial charge in [-0.15, -0.1) is 0 Å². The molecule has 3 saturated heterocycles. The lowest BCUT2D eigenvalue weighted by Gasteiger charge is -2.64. The number of likely N-dealkylation sites (tertiary alicyclic amines) is 2. The van der Waals surface area contributed by atoms with Crippen molar-refractivity contribution in [2.24, 2.45) is 23.2 Å². The van der Waals surface area contributed by atoms with Crippen LogP contribution in [0.15, 0.2) is 73.8 Å². The number of benzene rings is 2. The fourth-order valence-electron chi connectivity index (χ4n) is 10.1. The number of halogens is 2. The van der Waals surface area contributed by atoms with Crippen LogP contribution < -0.4 is 10.6 Å². The number of nitrogens with one attached hydrogen (secondary N) is 2. The van der Waals surface area contributed by atoms with Crippen molar-refractivity contribution < 1.29 is 66.8 Å². The molecule has 6 aliphatic rings. The summed E-state index contributed by atoms with van der Waals surface area (Å²) in [7, 11) is -3.57. The molecular weight excluding hydrogens is 895 g/mol. The van der Waals surface area contributed by atoms with Crippen molar-refractivity contribution in [1.82, 2.24) is 20.4 Å². The van der Waals surface area contributed by atoms with Gasteiger partial charge in [-0.3, -0.25) is 9.59 Å². The Balaban J connectivity index is 0.000000236. The zero-order chi connectivity index (χ0) is 50.6. The maximum Gasteiger partial charge on any atom is 0.482 e. The Bertz CT molecular complexity index is 2050. The van der Waals surface area contributed by atoms with Crippen LogP contribution in [0.1, 0.15) is 84.3 Å². The first-order valence-electron chi connectivity index (χ1n) is 23.9. The number of rotatable bonds is 14. The van der Waals surface area contributed by atoms with Crippen molar-refractivity contribution in [3.8, 4) is 0 Å². The van der Waals surface area contributed by atoms with Crippen molar-refractivity contribution in [2.45, 2.75) is 128 Å². The largest absolute Gasteiger partial charge is 0.482 e. The SMILES string of the molecule is C=CC(=O)N1CCC[C@H](OC(=O)N[C@@H](Cc2ccc(F)cc2)B(O)O)C1.C=CC(=O)N1CCC[C@H](OC(=O)N[C@@H](Cc2ccc(F)cc2)B2O[C@@H]3C[C@@H]4C[C@@H](C4(C)C)[C@]3(C)O2)C1.CC(C)CB(O)O. The van der Waals surface area contributed by atoms with E-state index in [1.54, 1.807) is 21.9 Å². The summed E-state index contributed by atoms with van der Waals surface area (Å²) in [6.07, 6.45) is 6.02. The highest BCUT2D eigenvalue weighted by Crippen LogP contribution is 2.65. The summed E-state index contributed by atoms with van der Waals surface area (Å²) in [6.45, 7) is 19.4. The molecule has 3 heterocycles. The average molecular weight is 965 g/mol. The fraction of sp³-hybridized carbons (Fsp3) is 0.583. The number of hydrogen-bond acceptors (Lipinski definition) is 12. The lowest BCUT2D eigenvalue weighted by atomic mass is 9.43. The first-order valence-corrected chi connectivity index (χ1v) is 23.9. The third kappa shape index (κ3) is 15.4. The van der Waals surface area contributed by atoms with Crippen molar-refractivity contribution in [2.75, 3.05) is 26.2 Å². The van der Waals surface area contributed by atoms with E-state index in [-0.39, 0.29) is 42.1 Å². The van der Waals surface area contributed by atoms with Crippen LogP contribution in [0, 0.1) is 34.8 Å². The molecule has 3 aliphatic carbocycles. The van der Waals surface area contributed by atoms with Crippen LogP contribution in [0.25, 0.3) is 0 Å². The highest BCUT2D eigenvalue weighted by Gasteiger charge is 2.68. The molecule has 2 aromatic carbocycles. The Morgan fingerprint density at radius 3 is 1.74 bits per heavy atom. The van der Waals surface area contributed by atoms with Crippen LogP contribution in [0.4, 0.5) is 18.4 Å². The summed E-state index contributed by atoms with van der Waals surface area (Å²) >= 11 is 0. The van der Waals surface area contributed by atoms with Crippen molar-refractivity contribution in [3.05, 3.63) is 96.6 Å². The summed E-state index contributed by atoms with van der Waals surface area (Å²) < 4.78 is 50.5. The number of alkyl carbamates (subject to hydrolysis) is 2. The van der Waals surface area contributed by atoms with Gasteiger partial charge in [0, 0.05) is 13.1 Å². The predicted octanol–water partition coefficient (Wildman–Crippen LogP) is 4.67. The van der Waals surface area contributed by atoms with Gasteiger partial charge in [0.2, 0.25) is 11.8 Å². The molecule has 4 amide bonds. The van der Waals surface area contributed by atoms with Gasteiger partial charge >= 0.3 is 33.5 Å². The predicted molar refractivity (Wildman–Crippen MR) is 257 cm³/mol. The van der Waals surface area contributed by atoms with Gasteiger partial charge in [0.1, 0.15) is 23.8 Å². The lowest BCUT2D eigenvalue weighted by Crippen LogP contribution is -2.65. The molecule has 16 nitrogen and oxygen atoms in total. The molecule has 8 atom stereocenters. The average Bonchev–Trinajstić information content (AvgIpc) is 3.67. The Kier molecular flexibility index (Phi) is 19.9. The third-order valence-electron chi connectivity index (χ3n) is 14.0. The van der Waals surface area contributed by atoms with E-state index < -0.39 is 69.1 Å². The molecule has 8 rings (SSSR count). The van der Waals surface area contributed by atoms with Gasteiger partial charge in [0.15, 0.2) is 0 Å². The molecule has 3 aliphatic heterocycles. The van der Waals surface area contributed by atoms with Crippen LogP contribution in [-0.2, 0) is 41.2 Å². The van der Waals surface area contributed by atoms with Crippen LogP contribution in [0.2, 0.25) is 6.32 Å². The molecular formula is C48H69B3F2N4O12. The Morgan fingerprint density at radius 2 is 1.30 bits per heavy atom. The van der Waals surface area contributed by atoms with Crippen LogP contribution >= 0.6 is 0 Å². The molecule has 2 bridgehead atoms. The molecule has 0 radical (unpaired) electrons. The second-order valence-electron chi connectivity index (χ2n) is 19.8. The van der Waals surface area contributed by atoms with Crippen LogP contribution in [-0.4, -0.2) is 137 Å². The Morgan fingerprint density at radius 1 is 0.812 bits per heavy atom. The molecule has 2 aromatic rings. The van der Waals surface area contributed by atoms with E-state index in [1.807, 2.05) is 13.8 Å². The molecule has 3 saturated carbocycles. The number of carbonyl (C=O) groups excluding carboxylic acids is 4. The molecule has 0 spiro atoms. The van der Waals surface area contributed by atoms with Gasteiger partial charge in [-0.2, -0.15) is 0 Å². The summed E-state index contributed by atoms with van der Waals surface area (Å²) in [5.74, 6) is -1.24. The Hall–Kier alpha value is -4.79. The van der Waals surface area contributed by atoms with E-state index in [9.17, 15) is 38.0 Å². The summed E-state index contributed by atoms with van der Waals surface area (Å²) in [6, 6.07) is 11.7. The number of nitrogens with zero attached hydrogens (tertiary/aromatic N) is 2. The normalized spacial score (nSPS) is 25.1. The molecule has 6 N–H and O–H groups in total. The summed E-state index contributed by atoms with van der Waals surface area (Å²) in [5, 5.41) is 40.9. The van der Waals surface area contributed by atoms with Gasteiger partial charge < -0.3 is 59.3 Å². The number of piperidine rings is 2. The Labute approximate surface area is 405 Å². The number of ether oxygens (including phenoxy) is 2. The zero-order valence-corrected chi connectivity index (χ0v) is 40.4. The van der Waals surface area contributed by atoms with Crippen LogP contribution in [0.5, 0.6) is 0 Å². The fourth-order valence-corrected chi connectivity index (χ4v) is 10.1. The first kappa shape index (κ1) is 55.1. The van der Waals surface area contributed by atoms with E-state index in [1.165, 1.54) is 48.6 Å². The lowest BCUT2D eigenvalue weighted by molar-refractivity contribution is -0.199. The summed E-state index contributed by atoms with van der Waals surface area (Å²) in [5.41, 5.74) is 1.28. The summed E-state index contributed by atoms with van der Waals surface area (Å²) in [4.78, 5) is 51.9. The molecule has 0 aromatic heterocycles. The minimum atomic E-state index is -1.81. The van der Waals surface area contributed by atoms with Gasteiger partial charge in [0.25, 0.3) is 0 Å². The smallest absolute Gasteiger partial charge is 0.444 e. The topological polar surface area (TPSA) is 217 Å². The minimum absolute atomic E-state index is 0.0235. The van der Waals surface area contributed by atoms with E-state index in [0.29, 0.717) is 75.0 Å². The molecule has 69 heavy (non-hydrogen) atoms. The highest BCUT2D eigenvalue weighted by atomic mass is 19.1. The highest BCUT2D eigenvalue weighted by molar-refractivity contribution is 6.48. The van der Waals surface area contributed by atoms with Crippen LogP contribution in [0.3, 0.4) is 0 Å². The molecule has 376 valence electrons.